The van der Waals surface area contributed by atoms with Crippen molar-refractivity contribution in [3.8, 4) is 0 Å². The fraction of sp³-hybridized carbons (Fsp3) is 0.867. The van der Waals surface area contributed by atoms with E-state index in [1.807, 2.05) is 0 Å². The summed E-state index contributed by atoms with van der Waals surface area (Å²) < 4.78 is 5.64. The third-order valence-electron chi connectivity index (χ3n) is 4.64. The van der Waals surface area contributed by atoms with E-state index in [2.05, 4.69) is 20.8 Å². The highest BCUT2D eigenvalue weighted by molar-refractivity contribution is 5.86. The van der Waals surface area contributed by atoms with Gasteiger partial charge < -0.3 is 9.84 Å². The maximum absolute atomic E-state index is 12.0. The highest BCUT2D eigenvalue weighted by Crippen LogP contribution is 2.42. The second-order valence-corrected chi connectivity index (χ2v) is 6.59. The molecule has 2 fully saturated rings. The highest BCUT2D eigenvalue weighted by atomic mass is 16.5. The standard InChI is InChI=1S/C15H24O4/c1-8(2)10-5-4-9(3)6-13(10)19-15(18)12-7-11(12)14(16)17/h8-13H,4-7H2,1-3H3,(H,16,17)/t9-,10?,11+,12+,13-/m1/s1. The van der Waals surface area contributed by atoms with E-state index in [1.165, 1.54) is 6.42 Å². The number of hydrogen-bond donors (Lipinski definition) is 1. The lowest BCUT2D eigenvalue weighted by atomic mass is 9.75. The summed E-state index contributed by atoms with van der Waals surface area (Å²) in [5, 5.41) is 8.85. The molecule has 19 heavy (non-hydrogen) atoms. The lowest BCUT2D eigenvalue weighted by Gasteiger charge is -2.36. The highest BCUT2D eigenvalue weighted by Gasteiger charge is 2.50. The van der Waals surface area contributed by atoms with E-state index < -0.39 is 17.8 Å². The van der Waals surface area contributed by atoms with Crippen LogP contribution in [0.5, 0.6) is 0 Å². The van der Waals surface area contributed by atoms with Gasteiger partial charge in [-0.25, -0.2) is 0 Å². The molecule has 0 saturated heterocycles. The molecule has 0 spiro atoms. The maximum atomic E-state index is 12.0. The van der Waals surface area contributed by atoms with E-state index in [1.54, 1.807) is 0 Å². The molecule has 108 valence electrons. The molecular weight excluding hydrogens is 244 g/mol. The second kappa shape index (κ2) is 5.51. The van der Waals surface area contributed by atoms with E-state index in [-0.39, 0.29) is 12.1 Å². The minimum Gasteiger partial charge on any atom is -0.481 e. The number of carboxylic acids is 1. The Morgan fingerprint density at radius 2 is 1.84 bits per heavy atom. The van der Waals surface area contributed by atoms with Gasteiger partial charge >= 0.3 is 11.9 Å². The zero-order valence-electron chi connectivity index (χ0n) is 12.0. The number of carbonyl (C=O) groups excluding carboxylic acids is 1. The molecule has 0 aromatic rings. The van der Waals surface area contributed by atoms with E-state index in [9.17, 15) is 9.59 Å². The zero-order valence-corrected chi connectivity index (χ0v) is 12.0. The van der Waals surface area contributed by atoms with Gasteiger partial charge in [-0.15, -0.1) is 0 Å². The predicted molar refractivity (Wildman–Crippen MR) is 70.5 cm³/mol. The zero-order chi connectivity index (χ0) is 14.2. The fourth-order valence-corrected chi connectivity index (χ4v) is 3.22. The first-order valence-electron chi connectivity index (χ1n) is 7.33. The molecule has 5 atom stereocenters. The number of carboxylic acid groups (broad SMARTS) is 1. The third-order valence-corrected chi connectivity index (χ3v) is 4.64. The van der Waals surface area contributed by atoms with Crippen LogP contribution in [0.1, 0.15) is 46.5 Å². The number of esters is 1. The molecule has 0 aromatic carbocycles. The van der Waals surface area contributed by atoms with Crippen molar-refractivity contribution in [2.45, 2.75) is 52.6 Å². The summed E-state index contributed by atoms with van der Waals surface area (Å²) in [6.45, 7) is 6.52. The van der Waals surface area contributed by atoms with Crippen LogP contribution in [0.15, 0.2) is 0 Å². The summed E-state index contributed by atoms with van der Waals surface area (Å²) in [4.78, 5) is 22.8. The van der Waals surface area contributed by atoms with Crippen LogP contribution >= 0.6 is 0 Å². The summed E-state index contributed by atoms with van der Waals surface area (Å²) in [6.07, 6.45) is 3.63. The predicted octanol–water partition coefficient (Wildman–Crippen LogP) is 2.71. The van der Waals surface area contributed by atoms with E-state index >= 15 is 0 Å². The largest absolute Gasteiger partial charge is 0.481 e. The van der Waals surface area contributed by atoms with Gasteiger partial charge in [0.05, 0.1) is 11.8 Å². The van der Waals surface area contributed by atoms with Crippen LogP contribution in [0, 0.1) is 29.6 Å². The van der Waals surface area contributed by atoms with Gasteiger partial charge in [-0.3, -0.25) is 9.59 Å². The normalized spacial score (nSPS) is 38.0. The average molecular weight is 268 g/mol. The first kappa shape index (κ1) is 14.4. The summed E-state index contributed by atoms with van der Waals surface area (Å²) in [5.41, 5.74) is 0. The van der Waals surface area contributed by atoms with Crippen LogP contribution in [0.3, 0.4) is 0 Å². The Morgan fingerprint density at radius 3 is 2.37 bits per heavy atom. The Hall–Kier alpha value is -1.06. The van der Waals surface area contributed by atoms with Gasteiger partial charge in [0, 0.05) is 0 Å². The van der Waals surface area contributed by atoms with E-state index in [0.29, 0.717) is 24.2 Å². The van der Waals surface area contributed by atoms with Crippen molar-refractivity contribution in [2.75, 3.05) is 0 Å². The first-order valence-corrected chi connectivity index (χ1v) is 7.33. The van der Waals surface area contributed by atoms with E-state index in [4.69, 9.17) is 9.84 Å². The molecule has 4 nitrogen and oxygen atoms in total. The minimum atomic E-state index is -0.876. The van der Waals surface area contributed by atoms with Gasteiger partial charge in [0.25, 0.3) is 0 Å². The fourth-order valence-electron chi connectivity index (χ4n) is 3.22. The second-order valence-electron chi connectivity index (χ2n) is 6.59. The lowest BCUT2D eigenvalue weighted by Crippen LogP contribution is -2.36. The summed E-state index contributed by atoms with van der Waals surface area (Å²) in [6, 6.07) is 0. The lowest BCUT2D eigenvalue weighted by molar-refractivity contribution is -0.159. The van der Waals surface area contributed by atoms with Gasteiger partial charge in [-0.1, -0.05) is 27.2 Å². The topological polar surface area (TPSA) is 63.6 Å². The van der Waals surface area contributed by atoms with Crippen LogP contribution in [-0.4, -0.2) is 23.1 Å². The van der Waals surface area contributed by atoms with Gasteiger partial charge in [0.1, 0.15) is 6.10 Å². The third kappa shape index (κ3) is 3.28. The molecule has 1 N–H and O–H groups in total. The van der Waals surface area contributed by atoms with Crippen molar-refractivity contribution in [3.63, 3.8) is 0 Å². The monoisotopic (exact) mass is 268 g/mol. The van der Waals surface area contributed by atoms with Crippen molar-refractivity contribution in [1.29, 1.82) is 0 Å². The van der Waals surface area contributed by atoms with Crippen molar-refractivity contribution in [2.24, 2.45) is 29.6 Å². The Kier molecular flexibility index (Phi) is 4.16. The van der Waals surface area contributed by atoms with E-state index in [0.717, 1.165) is 12.8 Å². The number of aliphatic carboxylic acids is 1. The summed E-state index contributed by atoms with van der Waals surface area (Å²) >= 11 is 0. The molecular formula is C15H24O4. The number of carbonyl (C=O) groups is 2. The van der Waals surface area contributed by atoms with Gasteiger partial charge in [-0.2, -0.15) is 0 Å². The van der Waals surface area contributed by atoms with Crippen LogP contribution < -0.4 is 0 Å². The van der Waals surface area contributed by atoms with Crippen LogP contribution in [0.4, 0.5) is 0 Å². The Bertz CT molecular complexity index is 363. The average Bonchev–Trinajstić information content (AvgIpc) is 3.08. The van der Waals surface area contributed by atoms with Crippen molar-refractivity contribution in [1.82, 2.24) is 0 Å². The molecule has 0 bridgehead atoms. The first-order chi connectivity index (χ1) is 8.90. The Morgan fingerprint density at radius 1 is 1.16 bits per heavy atom. The van der Waals surface area contributed by atoms with Crippen LogP contribution in [-0.2, 0) is 14.3 Å². The van der Waals surface area contributed by atoms with Crippen molar-refractivity contribution < 1.29 is 19.4 Å². The van der Waals surface area contributed by atoms with Crippen LogP contribution in [0.25, 0.3) is 0 Å². The molecule has 0 radical (unpaired) electrons. The number of hydrogen-bond acceptors (Lipinski definition) is 3. The number of ether oxygens (including phenoxy) is 1. The Balaban J connectivity index is 1.92. The van der Waals surface area contributed by atoms with Crippen molar-refractivity contribution >= 4 is 11.9 Å². The molecule has 4 heteroatoms. The van der Waals surface area contributed by atoms with Gasteiger partial charge in [-0.05, 0) is 37.0 Å². The van der Waals surface area contributed by atoms with Crippen LogP contribution in [0.2, 0.25) is 0 Å². The molecule has 0 amide bonds. The molecule has 0 aliphatic heterocycles. The SMILES string of the molecule is CC(C)C1CC[C@@H](C)C[C@H]1OC(=O)[C@H]1C[C@@H]1C(=O)O. The van der Waals surface area contributed by atoms with Crippen molar-refractivity contribution in [3.05, 3.63) is 0 Å². The smallest absolute Gasteiger partial charge is 0.310 e. The quantitative estimate of drug-likeness (QED) is 0.796. The summed E-state index contributed by atoms with van der Waals surface area (Å²) in [5.74, 6) is -0.575. The molecule has 2 aliphatic carbocycles. The summed E-state index contributed by atoms with van der Waals surface area (Å²) in [7, 11) is 0. The van der Waals surface area contributed by atoms with Gasteiger partial charge in [0.2, 0.25) is 0 Å². The molecule has 2 aliphatic rings. The molecule has 0 heterocycles. The Labute approximate surface area is 114 Å². The molecule has 1 unspecified atom stereocenters. The maximum Gasteiger partial charge on any atom is 0.310 e. The van der Waals surface area contributed by atoms with Gasteiger partial charge in [0.15, 0.2) is 0 Å². The number of rotatable bonds is 4. The molecule has 0 aromatic heterocycles. The molecule has 2 saturated carbocycles. The minimum absolute atomic E-state index is 0.0219. The molecule has 2 rings (SSSR count).